The lowest BCUT2D eigenvalue weighted by atomic mass is 10.0. The number of nitrogens with zero attached hydrogens (tertiary/aromatic N) is 3. The molecule has 2 aliphatic carbocycles. The van der Waals surface area contributed by atoms with Crippen molar-refractivity contribution in [2.24, 2.45) is 10.9 Å². The van der Waals surface area contributed by atoms with E-state index in [2.05, 4.69) is 29.8 Å². The lowest BCUT2D eigenvalue weighted by Gasteiger charge is -2.29. The number of aliphatic imine (C=N–C) groups is 1. The SMILES string of the molecule is COc1ccc2c(O[C@@H]3C[C@H]4C(=O)N[C@]5(C(=O)O)C[C@H]5/C=C\CCCCC[C@H](NC(=O)OC5CCCC5)C(=O)N4C3)cc(C3CSC(NC(C)C)=N3)nc2c1. The Balaban J connectivity index is 1.19. The molecule has 55 heavy (non-hydrogen) atoms. The van der Waals surface area contributed by atoms with E-state index in [0.29, 0.717) is 41.3 Å². The van der Waals surface area contributed by atoms with Crippen molar-refractivity contribution in [3.63, 3.8) is 0 Å². The second kappa shape index (κ2) is 16.7. The molecule has 7 rings (SSSR count). The molecule has 1 aromatic carbocycles. The van der Waals surface area contributed by atoms with E-state index < -0.39 is 47.6 Å². The minimum absolute atomic E-state index is 0.0470. The van der Waals surface area contributed by atoms with Crippen LogP contribution in [0.1, 0.15) is 96.2 Å². The van der Waals surface area contributed by atoms with Crippen LogP contribution in [0.25, 0.3) is 10.9 Å². The van der Waals surface area contributed by atoms with E-state index in [1.54, 1.807) is 18.9 Å². The molecule has 6 atom stereocenters. The number of hydrogen-bond acceptors (Lipinski definition) is 11. The fraction of sp³-hybridized carbons (Fsp3) is 0.600. The van der Waals surface area contributed by atoms with Crippen molar-refractivity contribution in [3.8, 4) is 11.5 Å². The largest absolute Gasteiger partial charge is 0.497 e. The zero-order valence-electron chi connectivity index (χ0n) is 31.8. The van der Waals surface area contributed by atoms with Crippen LogP contribution in [0.3, 0.4) is 0 Å². The topological polar surface area (TPSA) is 181 Å². The highest BCUT2D eigenvalue weighted by molar-refractivity contribution is 8.14. The van der Waals surface area contributed by atoms with Gasteiger partial charge < -0.3 is 40.2 Å². The number of pyridine rings is 1. The first kappa shape index (κ1) is 38.7. The van der Waals surface area contributed by atoms with Crippen molar-refractivity contribution < 1.29 is 38.5 Å². The normalized spacial score (nSPS) is 29.3. The highest BCUT2D eigenvalue weighted by Gasteiger charge is 2.61. The average molecular weight is 777 g/mol. The molecule has 0 spiro atoms. The van der Waals surface area contributed by atoms with Gasteiger partial charge in [-0.05, 0) is 77.3 Å². The Hall–Kier alpha value is -4.53. The zero-order chi connectivity index (χ0) is 38.7. The third-order valence-corrected chi connectivity index (χ3v) is 12.2. The number of aromatic nitrogens is 1. The van der Waals surface area contributed by atoms with Crippen LogP contribution in [0, 0.1) is 5.92 Å². The molecule has 1 saturated heterocycles. The number of carboxylic acid groups (broad SMARTS) is 1. The first-order valence-electron chi connectivity index (χ1n) is 19.6. The predicted octanol–water partition coefficient (Wildman–Crippen LogP) is 5.25. The standard InChI is InChI=1S/C40H52N6O8S/c1-23(2)41-38-43-32(22-55-38)31-19-34(28-16-15-26(52-3)17-30(28)42-31)53-27-18-33-35(47)45-40(37(49)50)20-24(40)11-7-5-4-6-8-14-29(36(48)46(33)21-27)44-39(51)54-25-12-9-10-13-25/h7,11,15-17,19,23-25,27,29,32-33H,4-6,8-10,12-14,18,20-22H2,1-3H3,(H,41,43)(H,44,51)(H,45,47)(H,49,50)/b11-7-/t24-,27-,29+,32?,33+,40-/m1/s1. The summed E-state index contributed by atoms with van der Waals surface area (Å²) in [6, 6.07) is 5.46. The van der Waals surface area contributed by atoms with Crippen molar-refractivity contribution >= 4 is 51.7 Å². The highest BCUT2D eigenvalue weighted by atomic mass is 32.2. The number of alkyl carbamates (subject to hydrolysis) is 1. The minimum Gasteiger partial charge on any atom is -0.497 e. The molecule has 2 saturated carbocycles. The molecule has 3 aliphatic heterocycles. The van der Waals surface area contributed by atoms with Crippen LogP contribution < -0.4 is 25.4 Å². The van der Waals surface area contributed by atoms with E-state index in [1.807, 2.05) is 36.4 Å². The van der Waals surface area contributed by atoms with Crippen molar-refractivity contribution in [1.29, 1.82) is 0 Å². The summed E-state index contributed by atoms with van der Waals surface area (Å²) in [5.41, 5.74) is -0.0744. The van der Waals surface area contributed by atoms with Crippen molar-refractivity contribution in [2.45, 2.75) is 126 Å². The van der Waals surface area contributed by atoms with E-state index in [9.17, 15) is 24.3 Å². The van der Waals surface area contributed by atoms with E-state index in [0.717, 1.165) is 55.5 Å². The van der Waals surface area contributed by atoms with Gasteiger partial charge in [0.05, 0.1) is 24.9 Å². The summed E-state index contributed by atoms with van der Waals surface area (Å²) in [6.45, 7) is 4.17. The lowest BCUT2D eigenvalue weighted by molar-refractivity contribution is -0.145. The molecule has 3 amide bonds. The molecule has 0 bridgehead atoms. The Morgan fingerprint density at radius 3 is 2.64 bits per heavy atom. The lowest BCUT2D eigenvalue weighted by Crippen LogP contribution is -2.56. The molecular weight excluding hydrogens is 725 g/mol. The van der Waals surface area contributed by atoms with E-state index in [1.165, 1.54) is 4.90 Å². The minimum atomic E-state index is -1.44. The maximum Gasteiger partial charge on any atom is 0.408 e. The summed E-state index contributed by atoms with van der Waals surface area (Å²) in [5, 5.41) is 20.9. The maximum atomic E-state index is 14.5. The maximum absolute atomic E-state index is 14.5. The van der Waals surface area contributed by atoms with Crippen LogP contribution in [-0.2, 0) is 19.1 Å². The van der Waals surface area contributed by atoms with Gasteiger partial charge in [0, 0.05) is 41.7 Å². The number of benzene rings is 1. The van der Waals surface area contributed by atoms with E-state index in [4.69, 9.17) is 24.2 Å². The number of carbonyl (C=O) groups excluding carboxylic acids is 3. The molecule has 1 aromatic heterocycles. The van der Waals surface area contributed by atoms with Gasteiger partial charge in [-0.3, -0.25) is 19.6 Å². The van der Waals surface area contributed by atoms with Gasteiger partial charge in [-0.25, -0.2) is 9.59 Å². The quantitative estimate of drug-likeness (QED) is 0.257. The van der Waals surface area contributed by atoms with Gasteiger partial charge in [0.1, 0.15) is 47.4 Å². The summed E-state index contributed by atoms with van der Waals surface area (Å²) in [7, 11) is 1.59. The number of carbonyl (C=O) groups is 4. The molecule has 3 fully saturated rings. The Kier molecular flexibility index (Phi) is 11.7. The second-order valence-corrected chi connectivity index (χ2v) is 16.6. The summed E-state index contributed by atoms with van der Waals surface area (Å²) < 4.78 is 17.9. The molecule has 4 N–H and O–H groups in total. The summed E-state index contributed by atoms with van der Waals surface area (Å²) in [5.74, 6) is -0.582. The molecular formula is C40H52N6O8S. The van der Waals surface area contributed by atoms with E-state index >= 15 is 0 Å². The number of nitrogens with one attached hydrogen (secondary N) is 3. The van der Waals surface area contributed by atoms with Gasteiger partial charge in [0.25, 0.3) is 0 Å². The first-order valence-corrected chi connectivity index (χ1v) is 20.6. The van der Waals surface area contributed by atoms with Gasteiger partial charge in [0.15, 0.2) is 5.17 Å². The molecule has 14 nitrogen and oxygen atoms in total. The highest BCUT2D eigenvalue weighted by Crippen LogP contribution is 2.45. The smallest absolute Gasteiger partial charge is 0.408 e. The number of carboxylic acids is 1. The van der Waals surface area contributed by atoms with E-state index in [-0.39, 0.29) is 43.5 Å². The third kappa shape index (κ3) is 8.81. The van der Waals surface area contributed by atoms with Crippen LogP contribution >= 0.6 is 11.8 Å². The Bertz CT molecular complexity index is 1850. The first-order chi connectivity index (χ1) is 26.5. The van der Waals surface area contributed by atoms with Crippen LogP contribution in [0.2, 0.25) is 0 Å². The molecule has 15 heteroatoms. The molecule has 2 aromatic rings. The fourth-order valence-corrected chi connectivity index (χ4v) is 9.18. The summed E-state index contributed by atoms with van der Waals surface area (Å²) in [6.07, 6.45) is 9.81. The van der Waals surface area contributed by atoms with Gasteiger partial charge >= 0.3 is 12.1 Å². The third-order valence-electron chi connectivity index (χ3n) is 11.2. The number of ether oxygens (including phenoxy) is 3. The summed E-state index contributed by atoms with van der Waals surface area (Å²) >= 11 is 1.63. The zero-order valence-corrected chi connectivity index (χ0v) is 32.6. The Morgan fingerprint density at radius 2 is 1.87 bits per heavy atom. The number of allylic oxidation sites excluding steroid dienone is 1. The number of hydrogen-bond donors (Lipinski definition) is 4. The number of amidine groups is 1. The second-order valence-electron chi connectivity index (χ2n) is 15.6. The number of thioether (sulfide) groups is 1. The Labute approximate surface area is 325 Å². The van der Waals surface area contributed by atoms with Gasteiger partial charge in [-0.2, -0.15) is 0 Å². The van der Waals surface area contributed by atoms with Crippen molar-refractivity contribution in [2.75, 3.05) is 19.4 Å². The van der Waals surface area contributed by atoms with Crippen LogP contribution in [0.15, 0.2) is 41.4 Å². The number of amides is 3. The van der Waals surface area contributed by atoms with Crippen LogP contribution in [0.4, 0.5) is 4.79 Å². The number of aliphatic carboxylic acids is 1. The molecule has 4 heterocycles. The predicted molar refractivity (Wildman–Crippen MR) is 208 cm³/mol. The molecule has 296 valence electrons. The van der Waals surface area contributed by atoms with Crippen molar-refractivity contribution in [3.05, 3.63) is 42.1 Å². The van der Waals surface area contributed by atoms with Crippen LogP contribution in [0.5, 0.6) is 11.5 Å². The van der Waals surface area contributed by atoms with Crippen LogP contribution in [-0.4, -0.2) is 99.3 Å². The van der Waals surface area contributed by atoms with Gasteiger partial charge in [-0.1, -0.05) is 36.8 Å². The number of fused-ring (bicyclic) bond motifs is 3. The monoisotopic (exact) mass is 776 g/mol. The number of methoxy groups -OCH3 is 1. The average Bonchev–Trinajstić information content (AvgIpc) is 3.58. The number of rotatable bonds is 8. The molecule has 0 radical (unpaired) electrons. The molecule has 1 unspecified atom stereocenters. The fourth-order valence-electron chi connectivity index (χ4n) is 8.10. The summed E-state index contributed by atoms with van der Waals surface area (Å²) in [4.78, 5) is 65.7. The van der Waals surface area contributed by atoms with Gasteiger partial charge in [-0.15, -0.1) is 0 Å². The Morgan fingerprint density at radius 1 is 1.07 bits per heavy atom. The van der Waals surface area contributed by atoms with Crippen molar-refractivity contribution in [1.82, 2.24) is 25.8 Å². The molecule has 5 aliphatic rings. The van der Waals surface area contributed by atoms with Gasteiger partial charge in [0.2, 0.25) is 11.8 Å².